The topological polar surface area (TPSA) is 66.6 Å². The lowest BCUT2D eigenvalue weighted by Gasteiger charge is -2.26. The van der Waals surface area contributed by atoms with E-state index in [9.17, 15) is 9.59 Å². The molecule has 1 aliphatic rings. The summed E-state index contributed by atoms with van der Waals surface area (Å²) in [6.07, 6.45) is 0.382. The van der Waals surface area contributed by atoms with E-state index in [1.807, 2.05) is 67.6 Å². The summed E-state index contributed by atoms with van der Waals surface area (Å²) < 4.78 is 0. The number of carbonyl (C=O) groups excluding carboxylic acids is 2. The van der Waals surface area contributed by atoms with E-state index in [-0.39, 0.29) is 24.0 Å². The number of nitrogens with two attached hydrogens (primary N) is 1. The average molecular weight is 387 g/mol. The minimum Gasteiger partial charge on any atom is -0.322 e. The predicted octanol–water partition coefficient (Wildman–Crippen LogP) is 3.73. The first-order valence-corrected chi connectivity index (χ1v) is 9.85. The Bertz CT molecular complexity index is 1050. The van der Waals surface area contributed by atoms with Crippen molar-refractivity contribution in [2.45, 2.75) is 31.5 Å². The van der Waals surface area contributed by atoms with Gasteiger partial charge in [0.2, 0.25) is 5.91 Å². The van der Waals surface area contributed by atoms with Crippen molar-refractivity contribution in [3.63, 3.8) is 0 Å². The van der Waals surface area contributed by atoms with Gasteiger partial charge >= 0.3 is 6.03 Å². The third kappa shape index (κ3) is 3.49. The largest absolute Gasteiger partial charge is 0.327 e. The number of hydrogen-bond donors (Lipinski definition) is 1. The fourth-order valence-electron chi connectivity index (χ4n) is 4.09. The van der Waals surface area contributed by atoms with E-state index in [2.05, 4.69) is 12.1 Å². The zero-order valence-electron chi connectivity index (χ0n) is 16.7. The highest BCUT2D eigenvalue weighted by Crippen LogP contribution is 2.35. The average Bonchev–Trinajstić information content (AvgIpc) is 2.97. The number of likely N-dealkylation sites (N-methyl/N-ethyl adjacent to an activating group) is 1. The molecule has 29 heavy (non-hydrogen) atoms. The quantitative estimate of drug-likeness (QED) is 0.742. The SMILES string of the molecule is C[C@H]1[C@@H](c2ccccc2)N(C(=O)[C@@H](N)Cc2ccc3ccccc3c2)C(=O)N1C. The number of carbonyl (C=O) groups is 2. The van der Waals surface area contributed by atoms with Crippen molar-refractivity contribution in [3.8, 4) is 0 Å². The van der Waals surface area contributed by atoms with E-state index in [4.69, 9.17) is 5.73 Å². The number of imide groups is 1. The van der Waals surface area contributed by atoms with Crippen molar-refractivity contribution in [2.75, 3.05) is 7.05 Å². The Kier molecular flexibility index (Phi) is 5.07. The third-order valence-electron chi connectivity index (χ3n) is 5.82. The van der Waals surface area contributed by atoms with Crippen LogP contribution in [0.1, 0.15) is 24.1 Å². The Morgan fingerprint density at radius 2 is 1.66 bits per heavy atom. The number of amides is 3. The van der Waals surface area contributed by atoms with Gasteiger partial charge in [-0.25, -0.2) is 4.79 Å². The van der Waals surface area contributed by atoms with Crippen LogP contribution in [0, 0.1) is 0 Å². The third-order valence-corrected chi connectivity index (χ3v) is 5.82. The molecule has 1 fully saturated rings. The first-order valence-electron chi connectivity index (χ1n) is 9.85. The molecular weight excluding hydrogens is 362 g/mol. The second-order valence-electron chi connectivity index (χ2n) is 7.69. The van der Waals surface area contributed by atoms with E-state index in [0.717, 1.165) is 21.9 Å². The van der Waals surface area contributed by atoms with Crippen LogP contribution in [-0.2, 0) is 11.2 Å². The zero-order chi connectivity index (χ0) is 20.5. The summed E-state index contributed by atoms with van der Waals surface area (Å²) in [5.74, 6) is -0.340. The molecule has 3 aromatic rings. The lowest BCUT2D eigenvalue weighted by molar-refractivity contribution is -0.130. The van der Waals surface area contributed by atoms with Gasteiger partial charge < -0.3 is 10.6 Å². The van der Waals surface area contributed by atoms with Crippen LogP contribution in [0.5, 0.6) is 0 Å². The van der Waals surface area contributed by atoms with Crippen molar-refractivity contribution < 1.29 is 9.59 Å². The highest BCUT2D eigenvalue weighted by Gasteiger charge is 2.46. The second-order valence-corrected chi connectivity index (χ2v) is 7.69. The molecule has 4 rings (SSSR count). The van der Waals surface area contributed by atoms with Gasteiger partial charge in [0, 0.05) is 7.05 Å². The maximum Gasteiger partial charge on any atom is 0.327 e. The number of fused-ring (bicyclic) bond motifs is 1. The number of hydrogen-bond acceptors (Lipinski definition) is 3. The minimum absolute atomic E-state index is 0.123. The van der Waals surface area contributed by atoms with Gasteiger partial charge in [-0.3, -0.25) is 9.69 Å². The Morgan fingerprint density at radius 3 is 2.38 bits per heavy atom. The van der Waals surface area contributed by atoms with Crippen molar-refractivity contribution in [1.82, 2.24) is 9.80 Å². The van der Waals surface area contributed by atoms with Gasteiger partial charge in [0.1, 0.15) is 0 Å². The van der Waals surface area contributed by atoms with Gasteiger partial charge in [-0.2, -0.15) is 0 Å². The molecule has 3 amide bonds. The molecule has 1 heterocycles. The van der Waals surface area contributed by atoms with Gasteiger partial charge in [0.05, 0.1) is 18.1 Å². The van der Waals surface area contributed by atoms with Crippen LogP contribution < -0.4 is 5.73 Å². The van der Waals surface area contributed by atoms with Crippen molar-refractivity contribution in [3.05, 3.63) is 83.9 Å². The molecule has 2 N–H and O–H groups in total. The summed E-state index contributed by atoms with van der Waals surface area (Å²) in [5, 5.41) is 2.25. The van der Waals surface area contributed by atoms with E-state index in [0.29, 0.717) is 6.42 Å². The molecule has 0 bridgehead atoms. The molecular formula is C24H25N3O2. The Hall–Kier alpha value is -3.18. The number of rotatable bonds is 4. The monoisotopic (exact) mass is 387 g/mol. The van der Waals surface area contributed by atoms with Gasteiger partial charge in [-0.15, -0.1) is 0 Å². The van der Waals surface area contributed by atoms with Crippen LogP contribution in [0.3, 0.4) is 0 Å². The second kappa shape index (κ2) is 7.68. The normalized spacial score (nSPS) is 20.3. The molecule has 3 atom stereocenters. The highest BCUT2D eigenvalue weighted by atomic mass is 16.2. The Labute approximate surface area is 170 Å². The predicted molar refractivity (Wildman–Crippen MR) is 114 cm³/mol. The fourth-order valence-corrected chi connectivity index (χ4v) is 4.09. The zero-order valence-corrected chi connectivity index (χ0v) is 16.7. The summed E-state index contributed by atoms with van der Waals surface area (Å²) in [4.78, 5) is 29.0. The minimum atomic E-state index is -0.787. The first kappa shape index (κ1) is 19.2. The van der Waals surface area contributed by atoms with Crippen molar-refractivity contribution >= 4 is 22.7 Å². The van der Waals surface area contributed by atoms with Gasteiger partial charge in [0.15, 0.2) is 0 Å². The summed E-state index contributed by atoms with van der Waals surface area (Å²) >= 11 is 0. The maximum atomic E-state index is 13.3. The van der Waals surface area contributed by atoms with Gasteiger partial charge in [-0.1, -0.05) is 72.8 Å². The molecule has 1 saturated heterocycles. The van der Waals surface area contributed by atoms with Crippen molar-refractivity contribution in [1.29, 1.82) is 0 Å². The standard InChI is InChI=1S/C24H25N3O2/c1-16-22(19-9-4-3-5-10-19)27(24(29)26(16)2)23(28)21(25)15-17-12-13-18-8-6-7-11-20(18)14-17/h3-14,16,21-22H,15,25H2,1-2H3/t16-,21-,22-/m0/s1. The molecule has 0 spiro atoms. The number of benzene rings is 3. The van der Waals surface area contributed by atoms with Crippen LogP contribution in [0.2, 0.25) is 0 Å². The maximum absolute atomic E-state index is 13.3. The van der Waals surface area contributed by atoms with Crippen LogP contribution in [0.25, 0.3) is 10.8 Å². The first-order chi connectivity index (χ1) is 14.0. The molecule has 5 heteroatoms. The summed E-state index contributed by atoms with van der Waals surface area (Å²) in [6.45, 7) is 1.96. The summed E-state index contributed by atoms with van der Waals surface area (Å²) in [5.41, 5.74) is 8.22. The highest BCUT2D eigenvalue weighted by molar-refractivity contribution is 5.99. The Morgan fingerprint density at radius 1 is 1.00 bits per heavy atom. The molecule has 0 saturated carbocycles. The van der Waals surface area contributed by atoms with Gasteiger partial charge in [-0.05, 0) is 35.2 Å². The Balaban J connectivity index is 1.59. The lowest BCUT2D eigenvalue weighted by Crippen LogP contribution is -2.47. The summed E-state index contributed by atoms with van der Waals surface area (Å²) in [7, 11) is 1.73. The van der Waals surface area contributed by atoms with Crippen LogP contribution >= 0.6 is 0 Å². The van der Waals surface area contributed by atoms with Crippen LogP contribution in [0.4, 0.5) is 4.79 Å². The lowest BCUT2D eigenvalue weighted by atomic mass is 9.98. The number of nitrogens with zero attached hydrogens (tertiary/aromatic N) is 2. The molecule has 5 nitrogen and oxygen atoms in total. The van der Waals surface area contributed by atoms with E-state index >= 15 is 0 Å². The molecule has 0 aliphatic carbocycles. The molecule has 148 valence electrons. The molecule has 3 aromatic carbocycles. The van der Waals surface area contributed by atoms with E-state index < -0.39 is 6.04 Å². The molecule has 0 unspecified atom stereocenters. The van der Waals surface area contributed by atoms with Crippen molar-refractivity contribution in [2.24, 2.45) is 5.73 Å². The van der Waals surface area contributed by atoms with Crippen LogP contribution in [-0.4, -0.2) is 40.9 Å². The van der Waals surface area contributed by atoms with E-state index in [1.54, 1.807) is 11.9 Å². The smallest absolute Gasteiger partial charge is 0.322 e. The summed E-state index contributed by atoms with van der Waals surface area (Å²) in [6, 6.07) is 22.3. The van der Waals surface area contributed by atoms with Gasteiger partial charge in [0.25, 0.3) is 0 Å². The van der Waals surface area contributed by atoms with Crippen LogP contribution in [0.15, 0.2) is 72.8 Å². The molecule has 1 aliphatic heterocycles. The number of urea groups is 1. The molecule has 0 radical (unpaired) electrons. The molecule has 0 aromatic heterocycles. The van der Waals surface area contributed by atoms with E-state index in [1.165, 1.54) is 4.90 Å². The fraction of sp³-hybridized carbons (Fsp3) is 0.250.